The van der Waals surface area contributed by atoms with Crippen molar-refractivity contribution < 1.29 is 4.74 Å². The fourth-order valence-electron chi connectivity index (χ4n) is 4.10. The molecule has 0 aliphatic carbocycles. The molecule has 0 heterocycles. The van der Waals surface area contributed by atoms with Crippen LogP contribution in [0.25, 0.3) is 0 Å². The van der Waals surface area contributed by atoms with Gasteiger partial charge in [0.05, 0.1) is 12.8 Å². The average molecular weight is 476 g/mol. The lowest BCUT2D eigenvalue weighted by molar-refractivity contribution is 0.415. The third-order valence-electron chi connectivity index (χ3n) is 6.06. The summed E-state index contributed by atoms with van der Waals surface area (Å²) in [5.74, 6) is 2.15. The molecule has 0 saturated carbocycles. The molecule has 4 aromatic carbocycles. The molecule has 36 heavy (non-hydrogen) atoms. The minimum atomic E-state index is 0.628. The van der Waals surface area contributed by atoms with Crippen LogP contribution in [0.5, 0.6) is 5.75 Å². The summed E-state index contributed by atoms with van der Waals surface area (Å²) < 4.78 is 5.38. The Morgan fingerprint density at radius 2 is 1.17 bits per heavy atom. The molecule has 0 unspecified atom stereocenters. The summed E-state index contributed by atoms with van der Waals surface area (Å²) in [5, 5.41) is 3.53. The number of anilines is 1. The normalized spacial score (nSPS) is 11.9. The maximum Gasteiger partial charge on any atom is 0.162 e. The van der Waals surface area contributed by atoms with Gasteiger partial charge < -0.3 is 10.1 Å². The van der Waals surface area contributed by atoms with Gasteiger partial charge in [-0.2, -0.15) is 0 Å². The molecule has 4 heteroatoms. The Kier molecular flexibility index (Phi) is 7.65. The van der Waals surface area contributed by atoms with Crippen LogP contribution in [-0.2, 0) is 0 Å². The van der Waals surface area contributed by atoms with E-state index in [1.54, 1.807) is 7.11 Å². The topological polar surface area (TPSA) is 46.0 Å². The molecule has 4 rings (SSSR count). The van der Waals surface area contributed by atoms with Gasteiger partial charge in [-0.25, -0.2) is 9.98 Å². The van der Waals surface area contributed by atoms with E-state index in [-0.39, 0.29) is 0 Å². The standard InChI is InChI=1S/C32H33N3O/c1-21-7-11-26(12-8-21)31(33-28-15-9-22(2)10-16-28)35-32(27-13-17-29(36-6)18-14-27)34-30-24(4)19-23(3)20-25(30)5/h7-20H,1-6H3,(H,33,34,35). The summed E-state index contributed by atoms with van der Waals surface area (Å²) in [7, 11) is 1.67. The number of nitrogens with one attached hydrogen (secondary N) is 1. The highest BCUT2D eigenvalue weighted by atomic mass is 16.5. The third kappa shape index (κ3) is 6.08. The first-order valence-corrected chi connectivity index (χ1v) is 12.1. The second-order valence-corrected chi connectivity index (χ2v) is 9.23. The molecule has 4 aromatic rings. The number of benzene rings is 4. The summed E-state index contributed by atoms with van der Waals surface area (Å²) in [6.07, 6.45) is 0. The van der Waals surface area contributed by atoms with E-state index in [2.05, 4.69) is 101 Å². The highest BCUT2D eigenvalue weighted by molar-refractivity contribution is 6.17. The molecule has 0 aliphatic heterocycles. The molecule has 0 aromatic heterocycles. The molecule has 0 atom stereocenters. The van der Waals surface area contributed by atoms with Crippen LogP contribution in [0.4, 0.5) is 11.4 Å². The summed E-state index contributed by atoms with van der Waals surface area (Å²) in [4.78, 5) is 10.2. The van der Waals surface area contributed by atoms with Crippen LogP contribution in [-0.4, -0.2) is 18.8 Å². The number of aliphatic imine (C=N–C) groups is 2. The molecule has 0 amide bonds. The molecule has 1 N–H and O–H groups in total. The Bertz CT molecular complexity index is 1370. The minimum absolute atomic E-state index is 0.628. The molecule has 0 radical (unpaired) electrons. The maximum absolute atomic E-state index is 5.38. The number of rotatable bonds is 5. The van der Waals surface area contributed by atoms with Gasteiger partial charge in [-0.05, 0) is 82.1 Å². The molecule has 4 nitrogen and oxygen atoms in total. The van der Waals surface area contributed by atoms with Crippen molar-refractivity contribution in [2.45, 2.75) is 34.6 Å². The number of aryl methyl sites for hydroxylation is 5. The van der Waals surface area contributed by atoms with Gasteiger partial charge in [-0.1, -0.05) is 65.2 Å². The summed E-state index contributed by atoms with van der Waals surface area (Å²) >= 11 is 0. The zero-order chi connectivity index (χ0) is 25.7. The SMILES string of the molecule is COc1ccc(C(=Nc2c(C)cc(C)cc2C)N=C(Nc2ccc(C)cc2)c2ccc(C)cc2)cc1. The molecule has 0 fully saturated rings. The Morgan fingerprint density at radius 1 is 0.639 bits per heavy atom. The van der Waals surface area contributed by atoms with Gasteiger partial charge in [-0.3, -0.25) is 0 Å². The van der Waals surface area contributed by atoms with Crippen molar-refractivity contribution in [2.24, 2.45) is 9.98 Å². The highest BCUT2D eigenvalue weighted by Crippen LogP contribution is 2.27. The van der Waals surface area contributed by atoms with Crippen molar-refractivity contribution in [3.63, 3.8) is 0 Å². The van der Waals surface area contributed by atoms with Crippen molar-refractivity contribution in [1.82, 2.24) is 0 Å². The average Bonchev–Trinajstić information content (AvgIpc) is 2.86. The fraction of sp³-hybridized carbons (Fsp3) is 0.188. The van der Waals surface area contributed by atoms with Crippen molar-refractivity contribution in [3.8, 4) is 5.75 Å². The van der Waals surface area contributed by atoms with E-state index in [9.17, 15) is 0 Å². The van der Waals surface area contributed by atoms with Crippen LogP contribution in [0.1, 0.15) is 38.9 Å². The molecule has 0 saturated heterocycles. The lowest BCUT2D eigenvalue weighted by atomic mass is 10.1. The van der Waals surface area contributed by atoms with Crippen LogP contribution in [0.3, 0.4) is 0 Å². The number of methoxy groups -OCH3 is 1. The van der Waals surface area contributed by atoms with Crippen molar-refractivity contribution in [2.75, 3.05) is 12.4 Å². The van der Waals surface area contributed by atoms with Gasteiger partial charge >= 0.3 is 0 Å². The fourth-order valence-corrected chi connectivity index (χ4v) is 4.10. The smallest absolute Gasteiger partial charge is 0.162 e. The zero-order valence-corrected chi connectivity index (χ0v) is 21.9. The van der Waals surface area contributed by atoms with Crippen LogP contribution in [0.15, 0.2) is 94.9 Å². The number of amidine groups is 2. The van der Waals surface area contributed by atoms with Crippen LogP contribution >= 0.6 is 0 Å². The Hall–Kier alpha value is -4.18. The van der Waals surface area contributed by atoms with Gasteiger partial charge in [0, 0.05) is 16.8 Å². The zero-order valence-electron chi connectivity index (χ0n) is 21.9. The molecule has 182 valence electrons. The lowest BCUT2D eigenvalue weighted by Crippen LogP contribution is -2.16. The Labute approximate surface area is 214 Å². The monoisotopic (exact) mass is 475 g/mol. The first-order chi connectivity index (χ1) is 17.3. The van der Waals surface area contributed by atoms with Crippen molar-refractivity contribution in [1.29, 1.82) is 0 Å². The third-order valence-corrected chi connectivity index (χ3v) is 6.06. The molecular formula is C32H33N3O. The summed E-state index contributed by atoms with van der Waals surface area (Å²) in [6, 6.07) is 28.9. The summed E-state index contributed by atoms with van der Waals surface area (Å²) in [5.41, 5.74) is 9.67. The Balaban J connectivity index is 1.90. The number of nitrogens with zero attached hydrogens (tertiary/aromatic N) is 2. The predicted molar refractivity (Wildman–Crippen MR) is 152 cm³/mol. The van der Waals surface area contributed by atoms with Crippen LogP contribution in [0.2, 0.25) is 0 Å². The van der Waals surface area contributed by atoms with Gasteiger partial charge in [-0.15, -0.1) is 0 Å². The quantitative estimate of drug-likeness (QED) is 0.236. The van der Waals surface area contributed by atoms with Gasteiger partial charge in [0.15, 0.2) is 5.84 Å². The van der Waals surface area contributed by atoms with E-state index in [0.717, 1.165) is 45.2 Å². The summed E-state index contributed by atoms with van der Waals surface area (Å²) in [6.45, 7) is 10.5. The maximum atomic E-state index is 5.38. The lowest BCUT2D eigenvalue weighted by Gasteiger charge is -2.14. The van der Waals surface area contributed by atoms with E-state index in [1.807, 2.05) is 24.3 Å². The number of hydrogen-bond donors (Lipinski definition) is 1. The van der Waals surface area contributed by atoms with Gasteiger partial charge in [0.2, 0.25) is 0 Å². The largest absolute Gasteiger partial charge is 0.497 e. The van der Waals surface area contributed by atoms with E-state index in [0.29, 0.717) is 5.84 Å². The molecule has 0 aliphatic rings. The minimum Gasteiger partial charge on any atom is -0.497 e. The molecule has 0 bridgehead atoms. The first kappa shape index (κ1) is 24.9. The highest BCUT2D eigenvalue weighted by Gasteiger charge is 2.12. The first-order valence-electron chi connectivity index (χ1n) is 12.1. The molecular weight excluding hydrogens is 442 g/mol. The number of ether oxygens (including phenoxy) is 1. The Morgan fingerprint density at radius 3 is 1.72 bits per heavy atom. The second-order valence-electron chi connectivity index (χ2n) is 9.23. The number of hydrogen-bond acceptors (Lipinski definition) is 2. The predicted octanol–water partition coefficient (Wildman–Crippen LogP) is 7.87. The van der Waals surface area contributed by atoms with E-state index < -0.39 is 0 Å². The van der Waals surface area contributed by atoms with E-state index in [4.69, 9.17) is 14.7 Å². The van der Waals surface area contributed by atoms with Crippen molar-refractivity contribution >= 4 is 23.0 Å². The molecule has 0 spiro atoms. The van der Waals surface area contributed by atoms with E-state index >= 15 is 0 Å². The second kappa shape index (κ2) is 11.0. The van der Waals surface area contributed by atoms with Crippen LogP contribution in [0, 0.1) is 34.6 Å². The van der Waals surface area contributed by atoms with Gasteiger partial charge in [0.1, 0.15) is 11.6 Å². The van der Waals surface area contributed by atoms with Gasteiger partial charge in [0.25, 0.3) is 0 Å². The van der Waals surface area contributed by atoms with E-state index in [1.165, 1.54) is 16.7 Å². The van der Waals surface area contributed by atoms with Crippen molar-refractivity contribution in [3.05, 3.63) is 124 Å². The van der Waals surface area contributed by atoms with Crippen LogP contribution < -0.4 is 10.1 Å².